The Morgan fingerprint density at radius 2 is 2.36 bits per heavy atom. The summed E-state index contributed by atoms with van der Waals surface area (Å²) in [6, 6.07) is 5.61. The lowest BCUT2D eigenvalue weighted by atomic mass is 10.2. The minimum Gasteiger partial charge on any atom is -0.240 e. The summed E-state index contributed by atoms with van der Waals surface area (Å²) in [5, 5.41) is 8.85. The molecule has 0 bridgehead atoms. The number of halogens is 1. The zero-order chi connectivity index (χ0) is 8.27. The van der Waals surface area contributed by atoms with E-state index in [-0.39, 0.29) is 0 Å². The van der Waals surface area contributed by atoms with Gasteiger partial charge in [-0.1, -0.05) is 17.7 Å². The van der Waals surface area contributed by atoms with E-state index in [0.29, 0.717) is 11.6 Å². The number of aromatic nitrogens is 1. The largest absolute Gasteiger partial charge is 0.240 e. The number of pyridine rings is 1. The molecular formula is C8H7ClN2. The number of nitrogens with zero attached hydrogens (tertiary/aromatic N) is 2. The molecular weight excluding hydrogens is 160 g/mol. The summed E-state index contributed by atoms with van der Waals surface area (Å²) >= 11 is 5.63. The molecule has 0 aromatic carbocycles. The first-order chi connectivity index (χ1) is 5.24. The Bertz CT molecular complexity index is 301. The second kappa shape index (κ2) is 3.36. The number of hydrogen-bond donors (Lipinski definition) is 0. The molecule has 1 aromatic rings. The van der Waals surface area contributed by atoms with Crippen molar-refractivity contribution in [2.24, 2.45) is 0 Å². The van der Waals surface area contributed by atoms with Gasteiger partial charge >= 0.3 is 0 Å². The van der Waals surface area contributed by atoms with Crippen molar-refractivity contribution in [1.29, 1.82) is 5.26 Å². The molecule has 0 saturated heterocycles. The predicted molar refractivity (Wildman–Crippen MR) is 43.3 cm³/mol. The third kappa shape index (κ3) is 1.92. The Morgan fingerprint density at radius 3 is 3.00 bits per heavy atom. The summed E-state index contributed by atoms with van der Waals surface area (Å²) in [5.41, 5.74) is 1.77. The smallest absolute Gasteiger partial charge is 0.129 e. The first-order valence-corrected chi connectivity index (χ1v) is 3.61. The van der Waals surface area contributed by atoms with Crippen LogP contribution in [0.25, 0.3) is 0 Å². The molecule has 0 atom stereocenters. The van der Waals surface area contributed by atoms with Crippen molar-refractivity contribution in [3.63, 3.8) is 0 Å². The molecule has 1 rings (SSSR count). The van der Waals surface area contributed by atoms with Crippen molar-refractivity contribution in [2.75, 3.05) is 0 Å². The molecule has 2 nitrogen and oxygen atoms in total. The first kappa shape index (κ1) is 8.03. The van der Waals surface area contributed by atoms with Crippen LogP contribution < -0.4 is 0 Å². The number of hydrogen-bond acceptors (Lipinski definition) is 2. The van der Waals surface area contributed by atoms with E-state index in [4.69, 9.17) is 16.9 Å². The molecule has 0 amide bonds. The van der Waals surface area contributed by atoms with Gasteiger partial charge < -0.3 is 0 Å². The van der Waals surface area contributed by atoms with Gasteiger partial charge in [0, 0.05) is 0 Å². The van der Waals surface area contributed by atoms with Crippen LogP contribution in [0.2, 0.25) is 5.15 Å². The van der Waals surface area contributed by atoms with Crippen LogP contribution in [0.4, 0.5) is 0 Å². The van der Waals surface area contributed by atoms with Crippen molar-refractivity contribution in [2.45, 2.75) is 13.3 Å². The second-order valence-electron chi connectivity index (χ2n) is 2.23. The van der Waals surface area contributed by atoms with Gasteiger partial charge in [0.25, 0.3) is 0 Å². The van der Waals surface area contributed by atoms with E-state index in [2.05, 4.69) is 4.98 Å². The fourth-order valence-electron chi connectivity index (χ4n) is 0.798. The van der Waals surface area contributed by atoms with E-state index in [1.807, 2.05) is 19.1 Å². The third-order valence-corrected chi connectivity index (χ3v) is 1.62. The highest BCUT2D eigenvalue weighted by molar-refractivity contribution is 6.29. The topological polar surface area (TPSA) is 36.7 Å². The molecule has 0 N–H and O–H groups in total. The summed E-state index contributed by atoms with van der Waals surface area (Å²) in [7, 11) is 0. The summed E-state index contributed by atoms with van der Waals surface area (Å²) in [6.45, 7) is 1.91. The Hall–Kier alpha value is -1.07. The molecule has 0 aliphatic carbocycles. The van der Waals surface area contributed by atoms with E-state index in [1.54, 1.807) is 6.07 Å². The number of aryl methyl sites for hydroxylation is 1. The lowest BCUT2D eigenvalue weighted by Gasteiger charge is -1.98. The highest BCUT2D eigenvalue weighted by Crippen LogP contribution is 2.10. The molecule has 56 valence electrons. The zero-order valence-corrected chi connectivity index (χ0v) is 6.89. The van der Waals surface area contributed by atoms with Crippen molar-refractivity contribution in [3.05, 3.63) is 28.5 Å². The Balaban J connectivity index is 3.05. The Morgan fingerprint density at radius 1 is 1.64 bits per heavy atom. The van der Waals surface area contributed by atoms with E-state index in [0.717, 1.165) is 11.3 Å². The van der Waals surface area contributed by atoms with Gasteiger partial charge in [-0.2, -0.15) is 5.26 Å². The van der Waals surface area contributed by atoms with Crippen LogP contribution in [0.3, 0.4) is 0 Å². The number of nitriles is 1. The molecule has 0 unspecified atom stereocenters. The van der Waals surface area contributed by atoms with Crippen molar-refractivity contribution in [1.82, 2.24) is 4.98 Å². The fourth-order valence-corrected chi connectivity index (χ4v) is 0.963. The monoisotopic (exact) mass is 166 g/mol. The summed E-state index contributed by atoms with van der Waals surface area (Å²) in [6.07, 6.45) is 0.326. The zero-order valence-electron chi connectivity index (χ0n) is 6.13. The van der Waals surface area contributed by atoms with Gasteiger partial charge in [0.1, 0.15) is 5.15 Å². The van der Waals surface area contributed by atoms with Crippen LogP contribution in [0.1, 0.15) is 11.3 Å². The lowest BCUT2D eigenvalue weighted by Crippen LogP contribution is -1.91. The average Bonchev–Trinajstić information content (AvgIpc) is 1.98. The SMILES string of the molecule is Cc1ccc(Cl)nc1CC#N. The van der Waals surface area contributed by atoms with Crippen molar-refractivity contribution in [3.8, 4) is 6.07 Å². The maximum atomic E-state index is 8.40. The summed E-state index contributed by atoms with van der Waals surface area (Å²) in [5.74, 6) is 0. The minimum atomic E-state index is 0.326. The summed E-state index contributed by atoms with van der Waals surface area (Å²) in [4.78, 5) is 4.01. The second-order valence-corrected chi connectivity index (χ2v) is 2.62. The molecule has 3 heteroatoms. The normalized spacial score (nSPS) is 9.18. The molecule has 0 fully saturated rings. The Kier molecular flexibility index (Phi) is 2.45. The molecule has 0 spiro atoms. The quantitative estimate of drug-likeness (QED) is 0.600. The highest BCUT2D eigenvalue weighted by atomic mass is 35.5. The van der Waals surface area contributed by atoms with Crippen LogP contribution in [-0.4, -0.2) is 4.98 Å². The van der Waals surface area contributed by atoms with E-state index >= 15 is 0 Å². The van der Waals surface area contributed by atoms with E-state index in [9.17, 15) is 0 Å². The minimum absolute atomic E-state index is 0.326. The molecule has 1 heterocycles. The first-order valence-electron chi connectivity index (χ1n) is 3.23. The van der Waals surface area contributed by atoms with Crippen LogP contribution in [-0.2, 0) is 6.42 Å². The third-order valence-electron chi connectivity index (χ3n) is 1.41. The maximum absolute atomic E-state index is 8.40. The molecule has 0 aliphatic rings. The average molecular weight is 167 g/mol. The van der Waals surface area contributed by atoms with E-state index in [1.165, 1.54) is 0 Å². The molecule has 1 aromatic heterocycles. The standard InChI is InChI=1S/C8H7ClN2/c1-6-2-3-8(9)11-7(6)4-5-10/h2-3H,4H2,1H3. The van der Waals surface area contributed by atoms with Gasteiger partial charge in [0.15, 0.2) is 0 Å². The maximum Gasteiger partial charge on any atom is 0.129 e. The highest BCUT2D eigenvalue weighted by Gasteiger charge is 1.98. The van der Waals surface area contributed by atoms with Gasteiger partial charge in [-0.3, -0.25) is 0 Å². The van der Waals surface area contributed by atoms with Crippen molar-refractivity contribution < 1.29 is 0 Å². The van der Waals surface area contributed by atoms with Gasteiger partial charge in [0.05, 0.1) is 18.2 Å². The fraction of sp³-hybridized carbons (Fsp3) is 0.250. The molecule has 0 radical (unpaired) electrons. The van der Waals surface area contributed by atoms with Crippen LogP contribution in [0.5, 0.6) is 0 Å². The van der Waals surface area contributed by atoms with Gasteiger partial charge in [-0.15, -0.1) is 0 Å². The van der Waals surface area contributed by atoms with Crippen molar-refractivity contribution >= 4 is 11.6 Å². The predicted octanol–water partition coefficient (Wildman–Crippen LogP) is 2.11. The molecule has 0 saturated carbocycles. The summed E-state index contributed by atoms with van der Waals surface area (Å²) < 4.78 is 0. The van der Waals surface area contributed by atoms with Crippen LogP contribution >= 0.6 is 11.6 Å². The van der Waals surface area contributed by atoms with Gasteiger partial charge in [-0.05, 0) is 18.6 Å². The van der Waals surface area contributed by atoms with Gasteiger partial charge in [-0.25, -0.2) is 4.98 Å². The Labute approximate surface area is 70.4 Å². The van der Waals surface area contributed by atoms with Crippen LogP contribution in [0, 0.1) is 18.3 Å². The lowest BCUT2D eigenvalue weighted by molar-refractivity contribution is 1.08. The van der Waals surface area contributed by atoms with Gasteiger partial charge in [0.2, 0.25) is 0 Å². The molecule has 11 heavy (non-hydrogen) atoms. The van der Waals surface area contributed by atoms with Crippen LogP contribution in [0.15, 0.2) is 12.1 Å². The molecule has 0 aliphatic heterocycles. The van der Waals surface area contributed by atoms with E-state index < -0.39 is 0 Å². The number of rotatable bonds is 1.